The zero-order chi connectivity index (χ0) is 23.5. The van der Waals surface area contributed by atoms with Crippen molar-refractivity contribution in [2.24, 2.45) is 0 Å². The molecular formula is C21H22FN3O5S2. The molecule has 1 aromatic carbocycles. The van der Waals surface area contributed by atoms with Crippen LogP contribution in [0.3, 0.4) is 0 Å². The van der Waals surface area contributed by atoms with Crippen molar-refractivity contribution in [2.75, 3.05) is 25.0 Å². The molecule has 0 bridgehead atoms. The molecule has 0 fully saturated rings. The van der Waals surface area contributed by atoms with E-state index in [1.54, 1.807) is 13.8 Å². The van der Waals surface area contributed by atoms with E-state index in [9.17, 15) is 27.7 Å². The Morgan fingerprint density at radius 2 is 2.00 bits per heavy atom. The third-order valence-electron chi connectivity index (χ3n) is 5.11. The molecule has 0 saturated carbocycles. The van der Waals surface area contributed by atoms with Gasteiger partial charge in [-0.2, -0.15) is 9.57 Å². The maximum Gasteiger partial charge on any atom is 0.338 e. The number of carbonyl (C=O) groups is 2. The maximum absolute atomic E-state index is 14.2. The highest BCUT2D eigenvalue weighted by atomic mass is 32.2. The molecule has 0 aliphatic heterocycles. The predicted octanol–water partition coefficient (Wildman–Crippen LogP) is 3.07. The van der Waals surface area contributed by atoms with Crippen LogP contribution in [-0.2, 0) is 32.4 Å². The summed E-state index contributed by atoms with van der Waals surface area (Å²) in [7, 11) is -4.12. The van der Waals surface area contributed by atoms with E-state index in [0.717, 1.165) is 52.2 Å². The fourth-order valence-electron chi connectivity index (χ4n) is 3.52. The molecule has 0 atom stereocenters. The molecule has 1 N–H and O–H groups in total. The van der Waals surface area contributed by atoms with E-state index in [0.29, 0.717) is 10.6 Å². The van der Waals surface area contributed by atoms with Crippen molar-refractivity contribution in [1.82, 2.24) is 4.31 Å². The molecule has 0 spiro atoms. The second kappa shape index (κ2) is 9.77. The van der Waals surface area contributed by atoms with Crippen LogP contribution in [0.1, 0.15) is 46.6 Å². The first-order valence-electron chi connectivity index (χ1n) is 10.0. The van der Waals surface area contributed by atoms with Crippen LogP contribution in [0.4, 0.5) is 9.39 Å². The summed E-state index contributed by atoms with van der Waals surface area (Å²) in [6.45, 7) is 2.89. The number of carbonyl (C=O) groups excluding carboxylic acids is 2. The Kier molecular flexibility index (Phi) is 7.28. The Morgan fingerprint density at radius 3 is 2.66 bits per heavy atom. The van der Waals surface area contributed by atoms with Gasteiger partial charge in [0.15, 0.2) is 6.61 Å². The standard InChI is InChI=1S/C21H22FN3O5S2/c1-3-25(4-2)32(28,29)18-10-13(8-9-16(18)22)21(27)30-12-19(26)24-20-15(11-23)14-6-5-7-17(14)31-20/h8-10H,3-7,12H2,1-2H3,(H,24,26). The predicted molar refractivity (Wildman–Crippen MR) is 116 cm³/mol. The zero-order valence-corrected chi connectivity index (χ0v) is 19.2. The molecule has 0 radical (unpaired) electrons. The number of nitrogens with one attached hydrogen (secondary N) is 1. The maximum atomic E-state index is 14.2. The van der Waals surface area contributed by atoms with Gasteiger partial charge in [-0.1, -0.05) is 13.8 Å². The van der Waals surface area contributed by atoms with Crippen LogP contribution in [0.15, 0.2) is 23.1 Å². The molecule has 8 nitrogen and oxygen atoms in total. The molecule has 1 amide bonds. The van der Waals surface area contributed by atoms with Crippen LogP contribution in [0.5, 0.6) is 0 Å². The Hall–Kier alpha value is -2.81. The smallest absolute Gasteiger partial charge is 0.338 e. The van der Waals surface area contributed by atoms with Gasteiger partial charge in [0.2, 0.25) is 10.0 Å². The van der Waals surface area contributed by atoms with Crippen molar-refractivity contribution in [3.8, 4) is 6.07 Å². The van der Waals surface area contributed by atoms with Gasteiger partial charge in [0, 0.05) is 18.0 Å². The van der Waals surface area contributed by atoms with E-state index >= 15 is 0 Å². The average Bonchev–Trinajstić information content (AvgIpc) is 3.33. The van der Waals surface area contributed by atoms with Crippen molar-refractivity contribution < 1.29 is 27.1 Å². The molecule has 2 aromatic rings. The SMILES string of the molecule is CCN(CC)S(=O)(=O)c1cc(C(=O)OCC(=O)Nc2sc3c(c2C#N)CCC3)ccc1F. The summed E-state index contributed by atoms with van der Waals surface area (Å²) < 4.78 is 45.5. The van der Waals surface area contributed by atoms with Crippen LogP contribution in [0, 0.1) is 17.1 Å². The number of nitrogens with zero attached hydrogens (tertiary/aromatic N) is 2. The van der Waals surface area contributed by atoms with Crippen molar-refractivity contribution in [1.29, 1.82) is 5.26 Å². The second-order valence-electron chi connectivity index (χ2n) is 7.03. The summed E-state index contributed by atoms with van der Waals surface area (Å²) in [6, 6.07) is 4.98. The first kappa shape index (κ1) is 23.8. The number of fused-ring (bicyclic) bond motifs is 1. The number of nitriles is 1. The van der Waals surface area contributed by atoms with E-state index < -0.39 is 39.2 Å². The lowest BCUT2D eigenvalue weighted by Gasteiger charge is -2.19. The third-order valence-corrected chi connectivity index (χ3v) is 8.38. The van der Waals surface area contributed by atoms with Crippen molar-refractivity contribution in [3.63, 3.8) is 0 Å². The first-order valence-corrected chi connectivity index (χ1v) is 12.3. The highest BCUT2D eigenvalue weighted by Crippen LogP contribution is 2.38. The minimum absolute atomic E-state index is 0.143. The summed E-state index contributed by atoms with van der Waals surface area (Å²) in [5.74, 6) is -2.58. The minimum atomic E-state index is -4.12. The van der Waals surface area contributed by atoms with Crippen LogP contribution in [0.25, 0.3) is 0 Å². The Labute approximate surface area is 189 Å². The number of esters is 1. The van der Waals surface area contributed by atoms with Gasteiger partial charge >= 0.3 is 5.97 Å². The Balaban J connectivity index is 1.69. The van der Waals surface area contributed by atoms with Crippen molar-refractivity contribution >= 4 is 38.2 Å². The molecule has 170 valence electrons. The van der Waals surface area contributed by atoms with Gasteiger partial charge in [0.25, 0.3) is 5.91 Å². The second-order valence-corrected chi connectivity index (χ2v) is 10.0. The number of ether oxygens (including phenoxy) is 1. The quantitative estimate of drug-likeness (QED) is 0.582. The number of aryl methyl sites for hydroxylation is 1. The number of hydrogen-bond donors (Lipinski definition) is 1. The lowest BCUT2D eigenvalue weighted by atomic mass is 10.1. The van der Waals surface area contributed by atoms with Gasteiger partial charge in [-0.25, -0.2) is 17.6 Å². The Morgan fingerprint density at radius 1 is 1.28 bits per heavy atom. The number of thiophene rings is 1. The third kappa shape index (κ3) is 4.67. The van der Waals surface area contributed by atoms with Gasteiger partial charge in [0.05, 0.1) is 11.1 Å². The van der Waals surface area contributed by atoms with Crippen molar-refractivity contribution in [3.05, 3.63) is 45.6 Å². The summed E-state index contributed by atoms with van der Waals surface area (Å²) >= 11 is 1.34. The van der Waals surface area contributed by atoms with Gasteiger partial charge in [0.1, 0.15) is 21.8 Å². The molecule has 1 aromatic heterocycles. The van der Waals surface area contributed by atoms with Crippen LogP contribution >= 0.6 is 11.3 Å². The summed E-state index contributed by atoms with van der Waals surface area (Å²) in [6.07, 6.45) is 2.64. The van der Waals surface area contributed by atoms with E-state index in [1.807, 2.05) is 0 Å². The van der Waals surface area contributed by atoms with E-state index in [1.165, 1.54) is 11.3 Å². The summed E-state index contributed by atoms with van der Waals surface area (Å²) in [5, 5.41) is 12.4. The number of benzene rings is 1. The number of amides is 1. The average molecular weight is 480 g/mol. The first-order chi connectivity index (χ1) is 15.2. The van der Waals surface area contributed by atoms with E-state index in [-0.39, 0.29) is 18.7 Å². The van der Waals surface area contributed by atoms with Crippen molar-refractivity contribution in [2.45, 2.75) is 38.0 Å². The minimum Gasteiger partial charge on any atom is -0.452 e. The highest BCUT2D eigenvalue weighted by molar-refractivity contribution is 7.89. The monoisotopic (exact) mass is 479 g/mol. The molecule has 1 heterocycles. The molecule has 0 saturated heterocycles. The largest absolute Gasteiger partial charge is 0.452 e. The van der Waals surface area contributed by atoms with Crippen LogP contribution in [0.2, 0.25) is 0 Å². The molecule has 0 unspecified atom stereocenters. The fraction of sp³-hybridized carbons (Fsp3) is 0.381. The van der Waals surface area contributed by atoms with Gasteiger partial charge < -0.3 is 10.1 Å². The number of hydrogen-bond acceptors (Lipinski definition) is 7. The molecule has 1 aliphatic carbocycles. The number of rotatable bonds is 8. The molecule has 32 heavy (non-hydrogen) atoms. The lowest BCUT2D eigenvalue weighted by molar-refractivity contribution is -0.119. The normalized spacial score (nSPS) is 13.0. The highest BCUT2D eigenvalue weighted by Gasteiger charge is 2.27. The van der Waals surface area contributed by atoms with Gasteiger partial charge in [-0.3, -0.25) is 4.79 Å². The summed E-state index contributed by atoms with van der Waals surface area (Å²) in [5.41, 5.74) is 1.20. The van der Waals surface area contributed by atoms with Crippen LogP contribution in [-0.4, -0.2) is 44.3 Å². The molecule has 1 aliphatic rings. The van der Waals surface area contributed by atoms with Gasteiger partial charge in [-0.15, -0.1) is 11.3 Å². The topological polar surface area (TPSA) is 117 Å². The van der Waals surface area contributed by atoms with Crippen LogP contribution < -0.4 is 5.32 Å². The molecular weight excluding hydrogens is 457 g/mol. The zero-order valence-electron chi connectivity index (χ0n) is 17.6. The summed E-state index contributed by atoms with van der Waals surface area (Å²) in [4.78, 5) is 25.0. The number of halogens is 1. The van der Waals surface area contributed by atoms with E-state index in [2.05, 4.69) is 11.4 Å². The molecule has 3 rings (SSSR count). The number of anilines is 1. The fourth-order valence-corrected chi connectivity index (χ4v) is 6.32. The van der Waals surface area contributed by atoms with E-state index in [4.69, 9.17) is 4.74 Å². The lowest BCUT2D eigenvalue weighted by Crippen LogP contribution is -2.31. The number of sulfonamides is 1. The molecule has 11 heteroatoms. The Bertz CT molecular complexity index is 1200. The van der Waals surface area contributed by atoms with Gasteiger partial charge in [-0.05, 0) is 43.0 Å².